The molecule has 1 aromatic carbocycles. The molecule has 0 spiro atoms. The molecule has 0 bridgehead atoms. The summed E-state index contributed by atoms with van der Waals surface area (Å²) in [5.74, 6) is 2.87. The van der Waals surface area contributed by atoms with Crippen molar-refractivity contribution in [2.24, 2.45) is 4.99 Å². The molecule has 0 aliphatic carbocycles. The van der Waals surface area contributed by atoms with Crippen LogP contribution >= 0.6 is 24.0 Å². The van der Waals surface area contributed by atoms with E-state index in [9.17, 15) is 0 Å². The van der Waals surface area contributed by atoms with Crippen LogP contribution < -0.4 is 20.1 Å². The van der Waals surface area contributed by atoms with Crippen molar-refractivity contribution in [1.29, 1.82) is 0 Å². The van der Waals surface area contributed by atoms with Crippen molar-refractivity contribution in [3.8, 4) is 11.5 Å². The fourth-order valence-corrected chi connectivity index (χ4v) is 2.67. The summed E-state index contributed by atoms with van der Waals surface area (Å²) in [6, 6.07) is 11.6. The zero-order valence-corrected chi connectivity index (χ0v) is 17.8. The summed E-state index contributed by atoms with van der Waals surface area (Å²) >= 11 is 0. The summed E-state index contributed by atoms with van der Waals surface area (Å²) in [5, 5.41) is 14.9. The average Bonchev–Trinajstić information content (AvgIpc) is 3.11. The molecule has 2 aromatic heterocycles. The predicted molar refractivity (Wildman–Crippen MR) is 115 cm³/mol. The Kier molecular flexibility index (Phi) is 7.65. The third kappa shape index (κ3) is 4.79. The summed E-state index contributed by atoms with van der Waals surface area (Å²) in [6.07, 6.45) is 1.93. The minimum atomic E-state index is 0. The number of rotatable bonds is 6. The number of ether oxygens (including phenoxy) is 2. The summed E-state index contributed by atoms with van der Waals surface area (Å²) in [6.45, 7) is 1.04. The molecule has 0 aliphatic rings. The molecule has 0 aliphatic heterocycles. The van der Waals surface area contributed by atoms with Crippen LogP contribution in [0, 0.1) is 0 Å². The fraction of sp³-hybridized carbons (Fsp3) is 0.278. The van der Waals surface area contributed by atoms with E-state index in [0.29, 0.717) is 30.5 Å². The molecule has 0 atom stereocenters. The third-order valence-corrected chi connectivity index (χ3v) is 3.95. The van der Waals surface area contributed by atoms with E-state index in [0.717, 1.165) is 17.0 Å². The number of halogens is 1. The van der Waals surface area contributed by atoms with Gasteiger partial charge in [0.05, 0.1) is 20.8 Å². The van der Waals surface area contributed by atoms with Crippen molar-refractivity contribution < 1.29 is 9.47 Å². The summed E-state index contributed by atoms with van der Waals surface area (Å²) in [7, 11) is 4.98. The number of aromatic nitrogens is 3. The number of methoxy groups -OCH3 is 2. The topological polar surface area (TPSA) is 85.1 Å². The minimum Gasteiger partial charge on any atom is -0.493 e. The number of hydrogen-bond donors (Lipinski definition) is 2. The Morgan fingerprint density at radius 2 is 1.85 bits per heavy atom. The molecule has 0 saturated heterocycles. The molecular formula is C18H23IN6O2. The zero-order valence-electron chi connectivity index (χ0n) is 15.5. The lowest BCUT2D eigenvalue weighted by molar-refractivity contribution is 0.351. The van der Waals surface area contributed by atoms with Crippen LogP contribution in [-0.2, 0) is 13.1 Å². The molecule has 3 aromatic rings. The van der Waals surface area contributed by atoms with Crippen LogP contribution in [0.2, 0.25) is 0 Å². The maximum atomic E-state index is 5.45. The van der Waals surface area contributed by atoms with Gasteiger partial charge in [0.1, 0.15) is 0 Å². The van der Waals surface area contributed by atoms with Gasteiger partial charge in [0.15, 0.2) is 28.9 Å². The smallest absolute Gasteiger partial charge is 0.191 e. The first-order chi connectivity index (χ1) is 12.8. The van der Waals surface area contributed by atoms with Gasteiger partial charge in [0.25, 0.3) is 0 Å². The second-order valence-electron chi connectivity index (χ2n) is 5.48. The molecule has 8 nitrogen and oxygen atoms in total. The van der Waals surface area contributed by atoms with Crippen LogP contribution in [0.4, 0.5) is 0 Å². The summed E-state index contributed by atoms with van der Waals surface area (Å²) < 4.78 is 12.7. The average molecular weight is 482 g/mol. The Bertz CT molecular complexity index is 912. The molecule has 144 valence electrons. The van der Waals surface area contributed by atoms with Gasteiger partial charge in [0.2, 0.25) is 0 Å². The molecule has 27 heavy (non-hydrogen) atoms. The van der Waals surface area contributed by atoms with Crippen molar-refractivity contribution in [1.82, 2.24) is 25.2 Å². The van der Waals surface area contributed by atoms with Gasteiger partial charge in [-0.2, -0.15) is 0 Å². The zero-order chi connectivity index (χ0) is 18.4. The lowest BCUT2D eigenvalue weighted by Gasteiger charge is -2.15. The number of hydrogen-bond acceptors (Lipinski definition) is 5. The van der Waals surface area contributed by atoms with Gasteiger partial charge in [0, 0.05) is 25.4 Å². The van der Waals surface area contributed by atoms with E-state index in [1.165, 1.54) is 0 Å². The van der Waals surface area contributed by atoms with E-state index in [1.807, 2.05) is 47.0 Å². The monoisotopic (exact) mass is 482 g/mol. The van der Waals surface area contributed by atoms with Gasteiger partial charge in [-0.1, -0.05) is 18.2 Å². The highest BCUT2D eigenvalue weighted by Gasteiger charge is 2.10. The lowest BCUT2D eigenvalue weighted by atomic mass is 10.2. The maximum Gasteiger partial charge on any atom is 0.191 e. The van der Waals surface area contributed by atoms with Gasteiger partial charge >= 0.3 is 0 Å². The van der Waals surface area contributed by atoms with E-state index in [-0.39, 0.29) is 24.0 Å². The Labute approximate surface area is 175 Å². The number of aliphatic imine (C=N–C) groups is 1. The number of guanidine groups is 1. The fourth-order valence-electron chi connectivity index (χ4n) is 2.67. The number of nitrogens with zero attached hydrogens (tertiary/aromatic N) is 4. The van der Waals surface area contributed by atoms with Crippen LogP contribution in [0.5, 0.6) is 11.5 Å². The Hall–Kier alpha value is -2.56. The Morgan fingerprint density at radius 1 is 1.04 bits per heavy atom. The highest BCUT2D eigenvalue weighted by atomic mass is 127. The molecule has 2 N–H and O–H groups in total. The van der Waals surface area contributed by atoms with Gasteiger partial charge in [-0.3, -0.25) is 9.39 Å². The number of benzene rings is 1. The van der Waals surface area contributed by atoms with E-state index >= 15 is 0 Å². The van der Waals surface area contributed by atoms with E-state index in [1.54, 1.807) is 21.3 Å². The highest BCUT2D eigenvalue weighted by molar-refractivity contribution is 14.0. The first-order valence-electron chi connectivity index (χ1n) is 8.20. The van der Waals surface area contributed by atoms with Crippen molar-refractivity contribution in [2.45, 2.75) is 13.1 Å². The molecule has 0 unspecified atom stereocenters. The SMILES string of the molecule is CN=C(NCc1cccc(OC)c1OC)NCc1nnc2ccccn12.I. The number of para-hydroxylation sites is 1. The van der Waals surface area contributed by atoms with Crippen LogP contribution in [0.3, 0.4) is 0 Å². The Morgan fingerprint density at radius 3 is 2.59 bits per heavy atom. The van der Waals surface area contributed by atoms with E-state index < -0.39 is 0 Å². The highest BCUT2D eigenvalue weighted by Crippen LogP contribution is 2.30. The van der Waals surface area contributed by atoms with Crippen molar-refractivity contribution >= 4 is 35.6 Å². The quantitative estimate of drug-likeness (QED) is 0.319. The molecule has 2 heterocycles. The van der Waals surface area contributed by atoms with Crippen molar-refractivity contribution in [3.63, 3.8) is 0 Å². The van der Waals surface area contributed by atoms with Gasteiger partial charge in [-0.05, 0) is 18.2 Å². The first kappa shape index (κ1) is 20.7. The molecular weight excluding hydrogens is 459 g/mol. The lowest BCUT2D eigenvalue weighted by Crippen LogP contribution is -2.36. The summed E-state index contributed by atoms with van der Waals surface area (Å²) in [5.41, 5.74) is 1.79. The normalized spacial score (nSPS) is 11.0. The van der Waals surface area contributed by atoms with E-state index in [4.69, 9.17) is 9.47 Å². The number of pyridine rings is 1. The molecule has 0 saturated carbocycles. The second-order valence-corrected chi connectivity index (χ2v) is 5.48. The van der Waals surface area contributed by atoms with E-state index in [2.05, 4.69) is 25.8 Å². The van der Waals surface area contributed by atoms with Crippen LogP contribution in [-0.4, -0.2) is 41.8 Å². The molecule has 3 rings (SSSR count). The van der Waals surface area contributed by atoms with Gasteiger partial charge in [-0.15, -0.1) is 34.2 Å². The summed E-state index contributed by atoms with van der Waals surface area (Å²) in [4.78, 5) is 4.25. The van der Waals surface area contributed by atoms with Crippen LogP contribution in [0.25, 0.3) is 5.65 Å². The second kappa shape index (κ2) is 9.95. The van der Waals surface area contributed by atoms with Crippen molar-refractivity contribution in [2.75, 3.05) is 21.3 Å². The molecule has 0 radical (unpaired) electrons. The van der Waals surface area contributed by atoms with Gasteiger partial charge < -0.3 is 20.1 Å². The van der Waals surface area contributed by atoms with Gasteiger partial charge in [-0.25, -0.2) is 0 Å². The standard InChI is InChI=1S/C18H22N6O2.HI/c1-19-18(20-11-13-7-6-8-14(25-2)17(13)26-3)21-12-16-23-22-15-9-4-5-10-24(15)16;/h4-10H,11-12H2,1-3H3,(H2,19,20,21);1H. The molecule has 0 amide bonds. The van der Waals surface area contributed by atoms with Crippen LogP contribution in [0.15, 0.2) is 47.6 Å². The molecule has 0 fully saturated rings. The first-order valence-corrected chi connectivity index (χ1v) is 8.20. The predicted octanol–water partition coefficient (Wildman–Crippen LogP) is 2.23. The maximum absolute atomic E-state index is 5.45. The molecule has 9 heteroatoms. The van der Waals surface area contributed by atoms with Crippen LogP contribution in [0.1, 0.15) is 11.4 Å². The largest absolute Gasteiger partial charge is 0.493 e. The Balaban J connectivity index is 0.00000261. The number of fused-ring (bicyclic) bond motifs is 1. The number of nitrogens with one attached hydrogen (secondary N) is 2. The third-order valence-electron chi connectivity index (χ3n) is 3.95. The van der Waals surface area contributed by atoms with Crippen molar-refractivity contribution in [3.05, 3.63) is 54.0 Å². The minimum absolute atomic E-state index is 0.